The number of nitrogens with zero attached hydrogens (tertiary/aromatic N) is 1. The van der Waals surface area contributed by atoms with E-state index in [2.05, 4.69) is 4.98 Å². The van der Waals surface area contributed by atoms with Crippen molar-refractivity contribution in [3.05, 3.63) is 66.0 Å². The van der Waals surface area contributed by atoms with Crippen LogP contribution in [0.15, 0.2) is 54.9 Å². The molecule has 2 rings (SSSR count). The molecule has 1 aromatic carbocycles. The number of benzene rings is 1. The van der Waals surface area contributed by atoms with E-state index in [1.807, 2.05) is 30.3 Å². The molecule has 0 unspecified atom stereocenters. The van der Waals surface area contributed by atoms with Gasteiger partial charge in [0.1, 0.15) is 12.4 Å². The highest BCUT2D eigenvalue weighted by Gasteiger charge is 1.97. The van der Waals surface area contributed by atoms with Crippen molar-refractivity contribution in [3.8, 4) is 5.75 Å². The Morgan fingerprint density at radius 1 is 1.32 bits per heavy atom. The number of carboxylic acid groups (broad SMARTS) is 1. The number of hydrogen-bond donors (Lipinski definition) is 1. The van der Waals surface area contributed by atoms with Gasteiger partial charge in [-0.05, 0) is 29.8 Å². The fraction of sp³-hybridized carbons (Fsp3) is 0.0667. The fourth-order valence-corrected chi connectivity index (χ4v) is 1.53. The Balaban J connectivity index is 2.01. The molecule has 0 spiro atoms. The van der Waals surface area contributed by atoms with Crippen LogP contribution < -0.4 is 4.74 Å². The minimum Gasteiger partial charge on any atom is -0.489 e. The molecule has 0 aliphatic carbocycles. The van der Waals surface area contributed by atoms with Crippen LogP contribution in [0.5, 0.6) is 5.75 Å². The summed E-state index contributed by atoms with van der Waals surface area (Å²) in [6.45, 7) is 0.430. The maximum atomic E-state index is 10.4. The van der Waals surface area contributed by atoms with E-state index < -0.39 is 5.97 Å². The first-order valence-corrected chi connectivity index (χ1v) is 5.77. The molecule has 0 amide bonds. The molecule has 0 aliphatic heterocycles. The van der Waals surface area contributed by atoms with E-state index in [-0.39, 0.29) is 0 Å². The quantitative estimate of drug-likeness (QED) is 0.834. The maximum absolute atomic E-state index is 10.4. The first kappa shape index (κ1) is 12.8. The van der Waals surface area contributed by atoms with Gasteiger partial charge in [0.05, 0.1) is 0 Å². The number of aromatic nitrogens is 1. The molecule has 0 saturated carbocycles. The van der Waals surface area contributed by atoms with Crippen LogP contribution in [0.3, 0.4) is 0 Å². The molecule has 0 aliphatic rings. The third-order valence-corrected chi connectivity index (χ3v) is 2.40. The van der Waals surface area contributed by atoms with Gasteiger partial charge in [-0.15, -0.1) is 0 Å². The molecule has 4 nitrogen and oxygen atoms in total. The van der Waals surface area contributed by atoms with Crippen LogP contribution in [-0.2, 0) is 11.4 Å². The number of pyridine rings is 1. The molecule has 2 aromatic rings. The maximum Gasteiger partial charge on any atom is 0.328 e. The highest BCUT2D eigenvalue weighted by atomic mass is 16.5. The molecule has 1 heterocycles. The lowest BCUT2D eigenvalue weighted by Crippen LogP contribution is -1.95. The summed E-state index contributed by atoms with van der Waals surface area (Å²) < 4.78 is 5.62. The molecule has 0 saturated heterocycles. The van der Waals surface area contributed by atoms with Gasteiger partial charge in [-0.3, -0.25) is 4.98 Å². The molecule has 0 fully saturated rings. The third kappa shape index (κ3) is 4.27. The first-order valence-electron chi connectivity index (χ1n) is 5.77. The summed E-state index contributed by atoms with van der Waals surface area (Å²) in [4.78, 5) is 14.5. The Morgan fingerprint density at radius 3 is 2.95 bits per heavy atom. The Morgan fingerprint density at radius 2 is 2.21 bits per heavy atom. The van der Waals surface area contributed by atoms with E-state index in [0.717, 1.165) is 17.2 Å². The monoisotopic (exact) mass is 255 g/mol. The van der Waals surface area contributed by atoms with E-state index in [9.17, 15) is 4.79 Å². The molecule has 1 aromatic heterocycles. The third-order valence-electron chi connectivity index (χ3n) is 2.40. The number of ether oxygens (including phenoxy) is 1. The van der Waals surface area contributed by atoms with E-state index in [1.165, 1.54) is 6.08 Å². The van der Waals surface area contributed by atoms with Crippen LogP contribution in [0.1, 0.15) is 11.1 Å². The van der Waals surface area contributed by atoms with Gasteiger partial charge < -0.3 is 9.84 Å². The number of hydrogen-bond acceptors (Lipinski definition) is 3. The zero-order valence-corrected chi connectivity index (χ0v) is 10.2. The van der Waals surface area contributed by atoms with Crippen LogP contribution in [0, 0.1) is 0 Å². The Kier molecular flexibility index (Phi) is 4.29. The molecule has 0 atom stereocenters. The number of carboxylic acids is 1. The van der Waals surface area contributed by atoms with Gasteiger partial charge in [-0.2, -0.15) is 0 Å². The Hall–Kier alpha value is -2.62. The standard InChI is InChI=1S/C15H13NO3/c17-15(18)7-6-12-3-1-5-14(9-12)19-11-13-4-2-8-16-10-13/h1-10H,11H2,(H,17,18)/b7-6+. The highest BCUT2D eigenvalue weighted by Crippen LogP contribution is 2.16. The van der Waals surface area contributed by atoms with Crippen LogP contribution in [0.4, 0.5) is 0 Å². The zero-order valence-electron chi connectivity index (χ0n) is 10.2. The van der Waals surface area contributed by atoms with Crippen LogP contribution >= 0.6 is 0 Å². The summed E-state index contributed by atoms with van der Waals surface area (Å²) in [5, 5.41) is 8.57. The van der Waals surface area contributed by atoms with Gasteiger partial charge >= 0.3 is 5.97 Å². The number of rotatable bonds is 5. The molecule has 19 heavy (non-hydrogen) atoms. The van der Waals surface area contributed by atoms with Gasteiger partial charge in [0.25, 0.3) is 0 Å². The fourth-order valence-electron chi connectivity index (χ4n) is 1.53. The van der Waals surface area contributed by atoms with Crippen molar-refractivity contribution in [2.75, 3.05) is 0 Å². The smallest absolute Gasteiger partial charge is 0.328 e. The SMILES string of the molecule is O=C(O)/C=C/c1cccc(OCc2cccnc2)c1. The first-order chi connectivity index (χ1) is 9.24. The molecule has 0 radical (unpaired) electrons. The second-order valence-corrected chi connectivity index (χ2v) is 3.89. The summed E-state index contributed by atoms with van der Waals surface area (Å²) in [6.07, 6.45) is 6.08. The van der Waals surface area contributed by atoms with Crippen LogP contribution in [-0.4, -0.2) is 16.1 Å². The van der Waals surface area contributed by atoms with Crippen molar-refractivity contribution < 1.29 is 14.6 Å². The number of carbonyl (C=O) groups is 1. The lowest BCUT2D eigenvalue weighted by Gasteiger charge is -2.06. The van der Waals surface area contributed by atoms with Gasteiger partial charge in [0, 0.05) is 24.0 Å². The lowest BCUT2D eigenvalue weighted by molar-refractivity contribution is -0.131. The van der Waals surface area contributed by atoms with Crippen LogP contribution in [0.25, 0.3) is 6.08 Å². The predicted octanol–water partition coefficient (Wildman–Crippen LogP) is 2.76. The van der Waals surface area contributed by atoms with Crippen LogP contribution in [0.2, 0.25) is 0 Å². The minimum atomic E-state index is -0.971. The molecule has 4 heteroatoms. The largest absolute Gasteiger partial charge is 0.489 e. The predicted molar refractivity (Wildman–Crippen MR) is 71.7 cm³/mol. The average molecular weight is 255 g/mol. The molecular formula is C15H13NO3. The summed E-state index contributed by atoms with van der Waals surface area (Å²) >= 11 is 0. The normalized spacial score (nSPS) is 10.5. The lowest BCUT2D eigenvalue weighted by atomic mass is 10.2. The van der Waals surface area contributed by atoms with Crippen molar-refractivity contribution in [2.45, 2.75) is 6.61 Å². The summed E-state index contributed by atoms with van der Waals surface area (Å²) in [7, 11) is 0. The zero-order chi connectivity index (χ0) is 13.5. The van der Waals surface area contributed by atoms with Gasteiger partial charge in [0.2, 0.25) is 0 Å². The van der Waals surface area contributed by atoms with Gasteiger partial charge in [-0.25, -0.2) is 4.79 Å². The number of aliphatic carboxylic acids is 1. The molecular weight excluding hydrogens is 242 g/mol. The van der Waals surface area contributed by atoms with Crippen molar-refractivity contribution >= 4 is 12.0 Å². The summed E-state index contributed by atoms with van der Waals surface area (Å²) in [6, 6.07) is 11.0. The van der Waals surface area contributed by atoms with Crippen molar-refractivity contribution in [2.24, 2.45) is 0 Å². The van der Waals surface area contributed by atoms with Gasteiger partial charge in [0.15, 0.2) is 0 Å². The van der Waals surface area contributed by atoms with Crippen molar-refractivity contribution in [1.82, 2.24) is 4.98 Å². The van der Waals surface area contributed by atoms with E-state index >= 15 is 0 Å². The second-order valence-electron chi connectivity index (χ2n) is 3.89. The van der Waals surface area contributed by atoms with E-state index in [4.69, 9.17) is 9.84 Å². The Labute approximate surface area is 111 Å². The molecule has 1 N–H and O–H groups in total. The Bertz CT molecular complexity index is 579. The highest BCUT2D eigenvalue weighted by molar-refractivity contribution is 5.85. The second kappa shape index (κ2) is 6.35. The molecule has 96 valence electrons. The average Bonchev–Trinajstić information content (AvgIpc) is 2.44. The van der Waals surface area contributed by atoms with Crippen molar-refractivity contribution in [3.63, 3.8) is 0 Å². The topological polar surface area (TPSA) is 59.4 Å². The minimum absolute atomic E-state index is 0.430. The van der Waals surface area contributed by atoms with E-state index in [1.54, 1.807) is 18.5 Å². The van der Waals surface area contributed by atoms with E-state index in [0.29, 0.717) is 12.4 Å². The summed E-state index contributed by atoms with van der Waals surface area (Å²) in [5.74, 6) is -0.280. The molecule has 0 bridgehead atoms. The summed E-state index contributed by atoms with van der Waals surface area (Å²) in [5.41, 5.74) is 1.76. The van der Waals surface area contributed by atoms with Gasteiger partial charge in [-0.1, -0.05) is 18.2 Å². The van der Waals surface area contributed by atoms with Crippen molar-refractivity contribution in [1.29, 1.82) is 0 Å².